The SMILES string of the molecule is C=CCc1ccc(-c2ccc3nc(C=CCCCC(C)OCCCCC)cnc3c2)c(F)c1. The van der Waals surface area contributed by atoms with E-state index in [4.69, 9.17) is 4.74 Å². The zero-order valence-corrected chi connectivity index (χ0v) is 19.9. The van der Waals surface area contributed by atoms with E-state index in [1.165, 1.54) is 12.8 Å². The zero-order valence-electron chi connectivity index (χ0n) is 19.9. The second-order valence-electron chi connectivity index (χ2n) is 8.53. The molecule has 0 bridgehead atoms. The van der Waals surface area contributed by atoms with Crippen molar-refractivity contribution in [2.75, 3.05) is 6.61 Å². The lowest BCUT2D eigenvalue weighted by atomic mass is 10.0. The number of unbranched alkanes of at least 4 members (excludes halogenated alkanes) is 3. The Balaban J connectivity index is 1.56. The first-order chi connectivity index (χ1) is 16.1. The van der Waals surface area contributed by atoms with Crippen LogP contribution in [0.1, 0.15) is 63.6 Å². The molecule has 1 heterocycles. The summed E-state index contributed by atoms with van der Waals surface area (Å²) in [5.74, 6) is -0.234. The second kappa shape index (κ2) is 13.0. The molecule has 1 unspecified atom stereocenters. The Hall–Kier alpha value is -2.85. The number of aromatic nitrogens is 2. The average molecular weight is 447 g/mol. The molecule has 0 N–H and O–H groups in total. The van der Waals surface area contributed by atoms with E-state index in [9.17, 15) is 4.39 Å². The van der Waals surface area contributed by atoms with Crippen LogP contribution in [0.3, 0.4) is 0 Å². The number of hydrogen-bond acceptors (Lipinski definition) is 3. The van der Waals surface area contributed by atoms with Crippen molar-refractivity contribution in [1.82, 2.24) is 9.97 Å². The largest absolute Gasteiger partial charge is 0.379 e. The summed E-state index contributed by atoms with van der Waals surface area (Å²) in [6.45, 7) is 8.94. The van der Waals surface area contributed by atoms with Gasteiger partial charge in [0, 0.05) is 12.2 Å². The highest BCUT2D eigenvalue weighted by Crippen LogP contribution is 2.26. The van der Waals surface area contributed by atoms with Gasteiger partial charge in [-0.15, -0.1) is 6.58 Å². The summed E-state index contributed by atoms with van der Waals surface area (Å²) in [5, 5.41) is 0. The van der Waals surface area contributed by atoms with E-state index >= 15 is 0 Å². The van der Waals surface area contributed by atoms with Gasteiger partial charge in [0.2, 0.25) is 0 Å². The van der Waals surface area contributed by atoms with Crippen LogP contribution in [0.5, 0.6) is 0 Å². The summed E-state index contributed by atoms with van der Waals surface area (Å²) >= 11 is 0. The van der Waals surface area contributed by atoms with Crippen molar-refractivity contribution in [2.24, 2.45) is 0 Å². The molecule has 0 aliphatic carbocycles. The van der Waals surface area contributed by atoms with E-state index < -0.39 is 0 Å². The molecule has 2 aromatic carbocycles. The van der Waals surface area contributed by atoms with Gasteiger partial charge in [-0.25, -0.2) is 9.37 Å². The molecule has 0 saturated heterocycles. The quantitative estimate of drug-likeness (QED) is 0.197. The standard InChI is InChI=1S/C29H35FN2O/c1-4-6-10-18-33-22(3)12-8-7-9-13-25-21-31-29-20-24(15-17-28(29)32-25)26-16-14-23(11-5-2)19-27(26)30/h5,9,13-17,19-22H,2,4,6-8,10-12,18H2,1,3H3. The van der Waals surface area contributed by atoms with Gasteiger partial charge in [-0.1, -0.05) is 50.1 Å². The smallest absolute Gasteiger partial charge is 0.131 e. The molecule has 0 amide bonds. The average Bonchev–Trinajstić information content (AvgIpc) is 2.81. The van der Waals surface area contributed by atoms with Crippen molar-refractivity contribution in [1.29, 1.82) is 0 Å². The molecule has 3 nitrogen and oxygen atoms in total. The number of hydrogen-bond donors (Lipinski definition) is 0. The van der Waals surface area contributed by atoms with E-state index in [1.807, 2.05) is 36.4 Å². The van der Waals surface area contributed by atoms with Gasteiger partial charge < -0.3 is 4.74 Å². The number of nitrogens with zero attached hydrogens (tertiary/aromatic N) is 2. The normalized spacial score (nSPS) is 12.5. The molecular weight excluding hydrogens is 411 g/mol. The van der Waals surface area contributed by atoms with Gasteiger partial charge in [0.05, 0.1) is 29.0 Å². The summed E-state index contributed by atoms with van der Waals surface area (Å²) in [4.78, 5) is 9.23. The highest BCUT2D eigenvalue weighted by Gasteiger charge is 2.08. The van der Waals surface area contributed by atoms with Crippen LogP contribution in [-0.2, 0) is 11.2 Å². The Labute approximate surface area is 197 Å². The van der Waals surface area contributed by atoms with Gasteiger partial charge >= 0.3 is 0 Å². The van der Waals surface area contributed by atoms with Crippen LogP contribution in [0.4, 0.5) is 4.39 Å². The lowest BCUT2D eigenvalue weighted by Gasteiger charge is -2.11. The van der Waals surface area contributed by atoms with Crippen LogP contribution >= 0.6 is 0 Å². The Morgan fingerprint density at radius 2 is 1.97 bits per heavy atom. The van der Waals surface area contributed by atoms with Crippen molar-refractivity contribution in [3.05, 3.63) is 78.4 Å². The van der Waals surface area contributed by atoms with Crippen molar-refractivity contribution >= 4 is 17.1 Å². The summed E-state index contributed by atoms with van der Waals surface area (Å²) in [7, 11) is 0. The van der Waals surface area contributed by atoms with Gasteiger partial charge in [0.15, 0.2) is 0 Å². The molecule has 3 rings (SSSR count). The van der Waals surface area contributed by atoms with E-state index in [1.54, 1.807) is 18.3 Å². The number of fused-ring (bicyclic) bond motifs is 1. The maximum absolute atomic E-state index is 14.6. The minimum atomic E-state index is -0.234. The molecule has 0 saturated carbocycles. The minimum absolute atomic E-state index is 0.234. The number of halogens is 1. The van der Waals surface area contributed by atoms with Crippen LogP contribution < -0.4 is 0 Å². The third-order valence-corrected chi connectivity index (χ3v) is 5.71. The lowest BCUT2D eigenvalue weighted by molar-refractivity contribution is 0.0566. The molecule has 4 heteroatoms. The van der Waals surface area contributed by atoms with Crippen LogP contribution in [0.2, 0.25) is 0 Å². The number of allylic oxidation sites excluding steroid dienone is 2. The predicted molar refractivity (Wildman–Crippen MR) is 137 cm³/mol. The fraction of sp³-hybridized carbons (Fsp3) is 0.379. The molecule has 33 heavy (non-hydrogen) atoms. The fourth-order valence-corrected chi connectivity index (χ4v) is 3.81. The molecule has 1 aromatic heterocycles. The first-order valence-electron chi connectivity index (χ1n) is 12.1. The number of benzene rings is 2. The third-order valence-electron chi connectivity index (χ3n) is 5.71. The van der Waals surface area contributed by atoms with Crippen molar-refractivity contribution in [3.63, 3.8) is 0 Å². The van der Waals surface area contributed by atoms with Crippen molar-refractivity contribution < 1.29 is 9.13 Å². The van der Waals surface area contributed by atoms with Crippen molar-refractivity contribution in [3.8, 4) is 11.1 Å². The maximum atomic E-state index is 14.6. The second-order valence-corrected chi connectivity index (χ2v) is 8.53. The molecule has 174 valence electrons. The van der Waals surface area contributed by atoms with Gasteiger partial charge in [-0.05, 0) is 74.4 Å². The van der Waals surface area contributed by atoms with Gasteiger partial charge in [0.1, 0.15) is 5.82 Å². The van der Waals surface area contributed by atoms with Crippen LogP contribution in [-0.4, -0.2) is 22.7 Å². The van der Waals surface area contributed by atoms with E-state index in [0.29, 0.717) is 18.1 Å². The molecule has 3 aromatic rings. The molecule has 0 aliphatic heterocycles. The van der Waals surface area contributed by atoms with Gasteiger partial charge in [-0.3, -0.25) is 4.98 Å². The van der Waals surface area contributed by atoms with Crippen molar-refractivity contribution in [2.45, 2.75) is 64.9 Å². The molecule has 0 radical (unpaired) electrons. The van der Waals surface area contributed by atoms with Crippen LogP contribution in [0.25, 0.3) is 28.2 Å². The molecule has 0 spiro atoms. The highest BCUT2D eigenvalue weighted by atomic mass is 19.1. The van der Waals surface area contributed by atoms with Gasteiger partial charge in [0.25, 0.3) is 0 Å². The zero-order chi connectivity index (χ0) is 23.5. The number of rotatable bonds is 13. The van der Waals surface area contributed by atoms with Gasteiger partial charge in [-0.2, -0.15) is 0 Å². The molecular formula is C29H35FN2O. The Kier molecular flexibility index (Phi) is 9.77. The highest BCUT2D eigenvalue weighted by molar-refractivity contribution is 5.82. The summed E-state index contributed by atoms with van der Waals surface area (Å²) in [6.07, 6.45) is 15.4. The van der Waals surface area contributed by atoms with Crippen LogP contribution in [0, 0.1) is 5.82 Å². The topological polar surface area (TPSA) is 35.0 Å². The van der Waals surface area contributed by atoms with E-state index in [-0.39, 0.29) is 5.82 Å². The molecule has 1 atom stereocenters. The fourth-order valence-electron chi connectivity index (χ4n) is 3.81. The first kappa shape index (κ1) is 24.8. The molecule has 0 aliphatic rings. The lowest BCUT2D eigenvalue weighted by Crippen LogP contribution is -2.08. The monoisotopic (exact) mass is 446 g/mol. The maximum Gasteiger partial charge on any atom is 0.131 e. The van der Waals surface area contributed by atoms with E-state index in [2.05, 4.69) is 36.5 Å². The van der Waals surface area contributed by atoms with E-state index in [0.717, 1.165) is 60.1 Å². The summed E-state index contributed by atoms with van der Waals surface area (Å²) in [5.41, 5.74) is 4.68. The molecule has 0 fully saturated rings. The Bertz CT molecular complexity index is 1080. The van der Waals surface area contributed by atoms with Crippen LogP contribution in [0.15, 0.2) is 61.3 Å². The number of ether oxygens (including phenoxy) is 1. The third kappa shape index (κ3) is 7.61. The predicted octanol–water partition coefficient (Wildman–Crippen LogP) is 7.94. The summed E-state index contributed by atoms with van der Waals surface area (Å²) in [6, 6.07) is 11.0. The Morgan fingerprint density at radius 1 is 1.09 bits per heavy atom. The summed E-state index contributed by atoms with van der Waals surface area (Å²) < 4.78 is 20.4. The Morgan fingerprint density at radius 3 is 2.76 bits per heavy atom. The first-order valence-corrected chi connectivity index (χ1v) is 12.1. The minimum Gasteiger partial charge on any atom is -0.379 e.